The van der Waals surface area contributed by atoms with Crippen molar-refractivity contribution < 1.29 is 4.39 Å². The summed E-state index contributed by atoms with van der Waals surface area (Å²) < 4.78 is 15.0. The SMILES string of the molecule is C=Cn1cc(CNc2cc(Cl)ccc2F)cn1. The lowest BCUT2D eigenvalue weighted by Crippen LogP contribution is -2.00. The quantitative estimate of drug-likeness (QED) is 0.903. The fourth-order valence-corrected chi connectivity index (χ4v) is 1.57. The lowest BCUT2D eigenvalue weighted by molar-refractivity contribution is 0.630. The smallest absolute Gasteiger partial charge is 0.146 e. The molecule has 2 aromatic rings. The highest BCUT2D eigenvalue weighted by atomic mass is 35.5. The van der Waals surface area contributed by atoms with Gasteiger partial charge in [-0.05, 0) is 18.2 Å². The summed E-state index contributed by atoms with van der Waals surface area (Å²) in [5.74, 6) is -0.328. The number of hydrogen-bond donors (Lipinski definition) is 1. The van der Waals surface area contributed by atoms with Crippen LogP contribution in [-0.2, 0) is 6.54 Å². The molecule has 3 nitrogen and oxygen atoms in total. The van der Waals surface area contributed by atoms with Gasteiger partial charge in [0.1, 0.15) is 5.82 Å². The molecule has 0 saturated carbocycles. The molecule has 2 rings (SSSR count). The van der Waals surface area contributed by atoms with Gasteiger partial charge in [0, 0.05) is 29.5 Å². The molecular formula is C12H11ClFN3. The number of nitrogens with one attached hydrogen (secondary N) is 1. The predicted octanol–water partition coefficient (Wildman–Crippen LogP) is 3.39. The standard InChI is InChI=1S/C12H11ClFN3/c1-2-17-8-9(7-16-17)6-15-12-5-10(13)3-4-11(12)14/h2-5,7-8,15H,1,6H2. The van der Waals surface area contributed by atoms with E-state index in [9.17, 15) is 4.39 Å². The van der Waals surface area contributed by atoms with Crippen LogP contribution in [0.4, 0.5) is 10.1 Å². The number of halogens is 2. The van der Waals surface area contributed by atoms with Gasteiger partial charge in [-0.3, -0.25) is 0 Å². The fraction of sp³-hybridized carbons (Fsp3) is 0.0833. The molecule has 0 unspecified atom stereocenters. The van der Waals surface area contributed by atoms with Crippen LogP contribution >= 0.6 is 11.6 Å². The summed E-state index contributed by atoms with van der Waals surface area (Å²) in [6, 6.07) is 4.39. The van der Waals surface area contributed by atoms with Gasteiger partial charge in [0.05, 0.1) is 11.9 Å². The summed E-state index contributed by atoms with van der Waals surface area (Å²) in [6.07, 6.45) is 5.09. The summed E-state index contributed by atoms with van der Waals surface area (Å²) >= 11 is 5.79. The Kier molecular flexibility index (Phi) is 3.44. The zero-order valence-electron chi connectivity index (χ0n) is 9.03. The highest BCUT2D eigenvalue weighted by Gasteiger charge is 2.03. The largest absolute Gasteiger partial charge is 0.378 e. The van der Waals surface area contributed by atoms with Crippen molar-refractivity contribution in [2.45, 2.75) is 6.54 Å². The van der Waals surface area contributed by atoms with Crippen LogP contribution in [-0.4, -0.2) is 9.78 Å². The number of hydrogen-bond acceptors (Lipinski definition) is 2. The van der Waals surface area contributed by atoms with Crippen LogP contribution in [0.3, 0.4) is 0 Å². The minimum atomic E-state index is -0.328. The van der Waals surface area contributed by atoms with E-state index in [2.05, 4.69) is 17.0 Å². The maximum atomic E-state index is 13.4. The molecule has 1 heterocycles. The van der Waals surface area contributed by atoms with Gasteiger partial charge in [0.2, 0.25) is 0 Å². The normalized spacial score (nSPS) is 10.2. The number of rotatable bonds is 4. The van der Waals surface area contributed by atoms with Gasteiger partial charge in [0.15, 0.2) is 0 Å². The maximum absolute atomic E-state index is 13.4. The van der Waals surface area contributed by atoms with Crippen LogP contribution in [0.25, 0.3) is 6.20 Å². The maximum Gasteiger partial charge on any atom is 0.146 e. The van der Waals surface area contributed by atoms with Crippen molar-refractivity contribution in [2.75, 3.05) is 5.32 Å². The Bertz CT molecular complexity index is 536. The Hall–Kier alpha value is -1.81. The lowest BCUT2D eigenvalue weighted by Gasteiger charge is -2.06. The van der Waals surface area contributed by atoms with E-state index in [4.69, 9.17) is 11.6 Å². The highest BCUT2D eigenvalue weighted by Crippen LogP contribution is 2.20. The Morgan fingerprint density at radius 2 is 2.35 bits per heavy atom. The van der Waals surface area contributed by atoms with Crippen LogP contribution in [0.15, 0.2) is 37.2 Å². The molecule has 0 radical (unpaired) electrons. The second kappa shape index (κ2) is 5.01. The average Bonchev–Trinajstić information content (AvgIpc) is 2.78. The van der Waals surface area contributed by atoms with E-state index in [0.717, 1.165) is 5.56 Å². The molecule has 1 aromatic heterocycles. The first-order valence-electron chi connectivity index (χ1n) is 5.03. The molecule has 17 heavy (non-hydrogen) atoms. The van der Waals surface area contributed by atoms with Gasteiger partial charge >= 0.3 is 0 Å². The molecule has 0 atom stereocenters. The fourth-order valence-electron chi connectivity index (χ4n) is 1.40. The van der Waals surface area contributed by atoms with Crippen molar-refractivity contribution >= 4 is 23.5 Å². The van der Waals surface area contributed by atoms with E-state index in [0.29, 0.717) is 17.3 Å². The molecule has 0 aliphatic carbocycles. The summed E-state index contributed by atoms with van der Waals surface area (Å²) in [5.41, 5.74) is 1.31. The summed E-state index contributed by atoms with van der Waals surface area (Å²) in [6.45, 7) is 4.07. The zero-order chi connectivity index (χ0) is 12.3. The van der Waals surface area contributed by atoms with Gasteiger partial charge in [-0.1, -0.05) is 18.2 Å². The highest BCUT2D eigenvalue weighted by molar-refractivity contribution is 6.30. The number of aromatic nitrogens is 2. The van der Waals surface area contributed by atoms with Gasteiger partial charge < -0.3 is 5.32 Å². The molecule has 0 aliphatic heterocycles. The molecule has 1 aromatic carbocycles. The topological polar surface area (TPSA) is 29.9 Å². The number of anilines is 1. The molecule has 0 bridgehead atoms. The van der Waals surface area contributed by atoms with E-state index in [1.165, 1.54) is 12.1 Å². The second-order valence-corrected chi connectivity index (χ2v) is 3.93. The van der Waals surface area contributed by atoms with E-state index in [1.807, 2.05) is 6.20 Å². The second-order valence-electron chi connectivity index (χ2n) is 3.49. The van der Waals surface area contributed by atoms with E-state index < -0.39 is 0 Å². The predicted molar refractivity (Wildman–Crippen MR) is 67.4 cm³/mol. The van der Waals surface area contributed by atoms with Crippen molar-refractivity contribution in [2.24, 2.45) is 0 Å². The molecule has 0 aliphatic rings. The third kappa shape index (κ3) is 2.85. The first-order chi connectivity index (χ1) is 8.19. The van der Waals surface area contributed by atoms with Crippen molar-refractivity contribution in [1.82, 2.24) is 9.78 Å². The van der Waals surface area contributed by atoms with Crippen LogP contribution in [0.5, 0.6) is 0 Å². The first-order valence-corrected chi connectivity index (χ1v) is 5.41. The van der Waals surface area contributed by atoms with Crippen LogP contribution in [0.2, 0.25) is 5.02 Å². The van der Waals surface area contributed by atoms with Crippen molar-refractivity contribution in [3.8, 4) is 0 Å². The molecule has 0 spiro atoms. The van der Waals surface area contributed by atoms with Gasteiger partial charge in [-0.2, -0.15) is 5.10 Å². The molecule has 5 heteroatoms. The van der Waals surface area contributed by atoms with Crippen molar-refractivity contribution in [3.05, 3.63) is 53.6 Å². The van der Waals surface area contributed by atoms with Gasteiger partial charge in [-0.25, -0.2) is 9.07 Å². The van der Waals surface area contributed by atoms with E-state index in [-0.39, 0.29) is 5.82 Å². The Morgan fingerprint density at radius 3 is 3.06 bits per heavy atom. The third-order valence-corrected chi connectivity index (χ3v) is 2.49. The van der Waals surface area contributed by atoms with E-state index in [1.54, 1.807) is 23.1 Å². The lowest BCUT2D eigenvalue weighted by atomic mass is 10.3. The monoisotopic (exact) mass is 251 g/mol. The summed E-state index contributed by atoms with van der Waals surface area (Å²) in [7, 11) is 0. The zero-order valence-corrected chi connectivity index (χ0v) is 9.78. The minimum absolute atomic E-state index is 0.328. The van der Waals surface area contributed by atoms with Gasteiger partial charge in [-0.15, -0.1) is 0 Å². The first kappa shape index (κ1) is 11.7. The molecular weight excluding hydrogens is 241 g/mol. The van der Waals surface area contributed by atoms with Crippen LogP contribution in [0.1, 0.15) is 5.56 Å². The van der Waals surface area contributed by atoms with Crippen molar-refractivity contribution in [1.29, 1.82) is 0 Å². The number of nitrogens with zero attached hydrogens (tertiary/aromatic N) is 2. The molecule has 0 fully saturated rings. The molecule has 0 amide bonds. The van der Waals surface area contributed by atoms with Crippen molar-refractivity contribution in [3.63, 3.8) is 0 Å². The Morgan fingerprint density at radius 1 is 1.53 bits per heavy atom. The molecule has 0 saturated heterocycles. The number of benzene rings is 1. The molecule has 1 N–H and O–H groups in total. The summed E-state index contributed by atoms with van der Waals surface area (Å²) in [5, 5.41) is 7.48. The Labute approximate surface area is 104 Å². The third-order valence-electron chi connectivity index (χ3n) is 2.25. The van der Waals surface area contributed by atoms with Crippen LogP contribution < -0.4 is 5.32 Å². The van der Waals surface area contributed by atoms with E-state index >= 15 is 0 Å². The van der Waals surface area contributed by atoms with Crippen LogP contribution in [0, 0.1) is 5.82 Å². The minimum Gasteiger partial charge on any atom is -0.378 e. The summed E-state index contributed by atoms with van der Waals surface area (Å²) in [4.78, 5) is 0. The average molecular weight is 252 g/mol. The van der Waals surface area contributed by atoms with Gasteiger partial charge in [0.25, 0.3) is 0 Å². The molecule has 88 valence electrons. The Balaban J connectivity index is 2.06.